The number of benzene rings is 2. The second-order valence-electron chi connectivity index (χ2n) is 10.3. The van der Waals surface area contributed by atoms with E-state index in [1.807, 2.05) is 73.2 Å². The van der Waals surface area contributed by atoms with E-state index in [1.165, 1.54) is 6.07 Å². The van der Waals surface area contributed by atoms with E-state index in [9.17, 15) is 9.65 Å². The lowest BCUT2D eigenvalue weighted by molar-refractivity contribution is 0.414. The van der Waals surface area contributed by atoms with E-state index in [0.717, 1.165) is 22.7 Å². The molecule has 1 aliphatic heterocycles. The topological polar surface area (TPSA) is 65.3 Å². The number of halogens is 2. The third-order valence-electron chi connectivity index (χ3n) is 7.12. The van der Waals surface area contributed by atoms with E-state index >= 15 is 4.39 Å². The second kappa shape index (κ2) is 10.8. The highest BCUT2D eigenvalue weighted by Crippen LogP contribution is 2.34. The Balaban J connectivity index is 1.39. The molecule has 0 atom stereocenters. The van der Waals surface area contributed by atoms with Crippen molar-refractivity contribution in [3.8, 4) is 22.9 Å². The summed E-state index contributed by atoms with van der Waals surface area (Å²) in [5.74, 6) is -0.333. The maximum Gasteiger partial charge on any atom is 0.166 e. The van der Waals surface area contributed by atoms with Crippen LogP contribution in [0.25, 0.3) is 22.0 Å². The van der Waals surface area contributed by atoms with Crippen LogP contribution in [0.4, 0.5) is 20.3 Å². The molecule has 0 aliphatic carbocycles. The molecule has 0 N–H and O–H groups in total. The summed E-state index contributed by atoms with van der Waals surface area (Å²) in [5.41, 5.74) is 3.13. The maximum atomic E-state index is 15.0. The molecule has 2 aromatic heterocycles. The van der Waals surface area contributed by atoms with Gasteiger partial charge in [0, 0.05) is 73.1 Å². The molecule has 202 valence electrons. The molecule has 0 fully saturated rings. The van der Waals surface area contributed by atoms with Crippen LogP contribution in [0, 0.1) is 28.4 Å². The van der Waals surface area contributed by atoms with E-state index in [4.69, 9.17) is 4.74 Å². The Hall–Kier alpha value is -4.77. The zero-order valence-electron chi connectivity index (χ0n) is 22.8. The SMILES string of the molecule is COc1ccc(CN(C)c2cc3ncc(-c4cc(N5C=CC(C(C)(C)C#N)=CC5)cc(F)c4F)cc3cn2)cc1. The summed E-state index contributed by atoms with van der Waals surface area (Å²) in [7, 11) is 3.59. The fourth-order valence-corrected chi connectivity index (χ4v) is 4.62. The maximum absolute atomic E-state index is 15.0. The van der Waals surface area contributed by atoms with Gasteiger partial charge < -0.3 is 14.5 Å². The van der Waals surface area contributed by atoms with Crippen molar-refractivity contribution < 1.29 is 13.5 Å². The van der Waals surface area contributed by atoms with Crippen molar-refractivity contribution in [3.63, 3.8) is 0 Å². The number of rotatable bonds is 7. The molecule has 1 aliphatic rings. The van der Waals surface area contributed by atoms with Crippen LogP contribution in [-0.4, -0.2) is 30.7 Å². The van der Waals surface area contributed by atoms with Gasteiger partial charge in [0.2, 0.25) is 0 Å². The van der Waals surface area contributed by atoms with E-state index in [-0.39, 0.29) is 5.56 Å². The van der Waals surface area contributed by atoms with E-state index in [1.54, 1.807) is 37.8 Å². The van der Waals surface area contributed by atoms with Crippen LogP contribution in [0.2, 0.25) is 0 Å². The Morgan fingerprint density at radius 2 is 1.85 bits per heavy atom. The van der Waals surface area contributed by atoms with Gasteiger partial charge in [-0.25, -0.2) is 13.8 Å². The minimum absolute atomic E-state index is 0.116. The zero-order chi connectivity index (χ0) is 28.4. The summed E-state index contributed by atoms with van der Waals surface area (Å²) in [4.78, 5) is 13.0. The van der Waals surface area contributed by atoms with Crippen molar-refractivity contribution >= 4 is 22.4 Å². The van der Waals surface area contributed by atoms with Crippen molar-refractivity contribution in [3.05, 3.63) is 102 Å². The van der Waals surface area contributed by atoms with Crippen molar-refractivity contribution in [2.45, 2.75) is 20.4 Å². The Bertz CT molecular complexity index is 1670. The van der Waals surface area contributed by atoms with Gasteiger partial charge in [-0.1, -0.05) is 18.2 Å². The molecule has 0 bridgehead atoms. The quantitative estimate of drug-likeness (QED) is 0.252. The molecule has 6 nitrogen and oxygen atoms in total. The predicted octanol–water partition coefficient (Wildman–Crippen LogP) is 7.03. The first-order chi connectivity index (χ1) is 19.2. The lowest BCUT2D eigenvalue weighted by Gasteiger charge is -2.27. The summed E-state index contributed by atoms with van der Waals surface area (Å²) in [5, 5.41) is 10.1. The lowest BCUT2D eigenvalue weighted by atomic mass is 9.84. The van der Waals surface area contributed by atoms with Crippen LogP contribution in [0.1, 0.15) is 19.4 Å². The van der Waals surface area contributed by atoms with Crippen LogP contribution in [0.5, 0.6) is 5.75 Å². The van der Waals surface area contributed by atoms with Gasteiger partial charge in [-0.3, -0.25) is 4.98 Å². The van der Waals surface area contributed by atoms with Crippen LogP contribution >= 0.6 is 0 Å². The second-order valence-corrected chi connectivity index (χ2v) is 10.3. The summed E-state index contributed by atoms with van der Waals surface area (Å²) in [6.45, 7) is 4.78. The summed E-state index contributed by atoms with van der Waals surface area (Å²) in [6.07, 6.45) is 8.80. The Morgan fingerprint density at radius 1 is 1.07 bits per heavy atom. The van der Waals surface area contributed by atoms with Crippen molar-refractivity contribution in [2.24, 2.45) is 5.41 Å². The molecule has 8 heteroatoms. The van der Waals surface area contributed by atoms with E-state index in [2.05, 4.69) is 16.0 Å². The first-order valence-corrected chi connectivity index (χ1v) is 12.8. The average Bonchev–Trinajstić information content (AvgIpc) is 2.98. The molecule has 0 spiro atoms. The van der Waals surface area contributed by atoms with Crippen LogP contribution in [-0.2, 0) is 6.54 Å². The highest BCUT2D eigenvalue weighted by molar-refractivity contribution is 5.85. The van der Waals surface area contributed by atoms with Gasteiger partial charge >= 0.3 is 0 Å². The number of nitrogens with zero attached hydrogens (tertiary/aromatic N) is 5. The summed E-state index contributed by atoms with van der Waals surface area (Å²) >= 11 is 0. The number of aromatic nitrogens is 2. The van der Waals surface area contributed by atoms with Gasteiger partial charge in [-0.2, -0.15) is 5.26 Å². The predicted molar refractivity (Wildman–Crippen MR) is 154 cm³/mol. The summed E-state index contributed by atoms with van der Waals surface area (Å²) in [6, 6.07) is 16.6. The Morgan fingerprint density at radius 3 is 2.52 bits per heavy atom. The van der Waals surface area contributed by atoms with Gasteiger partial charge in [-0.15, -0.1) is 0 Å². The molecule has 0 amide bonds. The lowest BCUT2D eigenvalue weighted by Crippen LogP contribution is -2.23. The van der Waals surface area contributed by atoms with Crippen LogP contribution in [0.15, 0.2) is 84.8 Å². The first-order valence-electron chi connectivity index (χ1n) is 12.8. The Kier molecular flexibility index (Phi) is 7.22. The van der Waals surface area contributed by atoms with E-state index in [0.29, 0.717) is 35.2 Å². The largest absolute Gasteiger partial charge is 0.497 e. The number of hydrogen-bond donors (Lipinski definition) is 0. The highest BCUT2D eigenvalue weighted by atomic mass is 19.2. The molecule has 40 heavy (non-hydrogen) atoms. The zero-order valence-corrected chi connectivity index (χ0v) is 22.8. The number of allylic oxidation sites excluding steroid dienone is 2. The molecule has 5 rings (SSSR count). The number of hydrogen-bond acceptors (Lipinski definition) is 6. The van der Waals surface area contributed by atoms with Gasteiger partial charge in [0.05, 0.1) is 24.1 Å². The van der Waals surface area contributed by atoms with Crippen LogP contribution < -0.4 is 14.5 Å². The molecule has 0 unspecified atom stereocenters. The summed E-state index contributed by atoms with van der Waals surface area (Å²) < 4.78 is 35.0. The fourth-order valence-electron chi connectivity index (χ4n) is 4.62. The number of pyridine rings is 2. The van der Waals surface area contributed by atoms with Crippen LogP contribution in [0.3, 0.4) is 0 Å². The number of anilines is 2. The Labute approximate surface area is 232 Å². The third kappa shape index (κ3) is 5.36. The number of nitriles is 1. The minimum atomic E-state index is -0.943. The number of methoxy groups -OCH3 is 1. The van der Waals surface area contributed by atoms with Crippen molar-refractivity contribution in [1.82, 2.24) is 9.97 Å². The monoisotopic (exact) mass is 537 g/mol. The van der Waals surface area contributed by atoms with Crippen molar-refractivity contribution in [2.75, 3.05) is 30.5 Å². The number of fused-ring (bicyclic) bond motifs is 1. The van der Waals surface area contributed by atoms with Gasteiger partial charge in [0.25, 0.3) is 0 Å². The van der Waals surface area contributed by atoms with Gasteiger partial charge in [-0.05, 0) is 55.3 Å². The van der Waals surface area contributed by atoms with Crippen molar-refractivity contribution in [1.29, 1.82) is 5.26 Å². The molecule has 4 aromatic rings. The molecular formula is C32H29F2N5O. The molecule has 0 saturated heterocycles. The molecule has 3 heterocycles. The fraction of sp³-hybridized carbons (Fsp3) is 0.219. The highest BCUT2D eigenvalue weighted by Gasteiger charge is 2.24. The number of ether oxygens (including phenoxy) is 1. The van der Waals surface area contributed by atoms with Gasteiger partial charge in [0.1, 0.15) is 11.6 Å². The molecule has 0 radical (unpaired) electrons. The molecule has 0 saturated carbocycles. The normalized spacial score (nSPS) is 13.2. The smallest absolute Gasteiger partial charge is 0.166 e. The first kappa shape index (κ1) is 26.8. The standard InChI is InChI=1S/C32H29F2N5O/c1-32(2,20-35)24-9-11-39(12-10-24)25-14-27(31(34)28(33)15-25)22-13-23-18-37-30(16-29(23)36-17-22)38(3)19-21-5-7-26(40-4)8-6-21/h5-11,13-18H,12,19H2,1-4H3. The molecular weight excluding hydrogens is 508 g/mol. The average molecular weight is 538 g/mol. The third-order valence-corrected chi connectivity index (χ3v) is 7.12. The molecule has 2 aromatic carbocycles. The van der Waals surface area contributed by atoms with E-state index < -0.39 is 17.0 Å². The minimum Gasteiger partial charge on any atom is -0.497 e. The van der Waals surface area contributed by atoms with Gasteiger partial charge in [0.15, 0.2) is 11.6 Å².